The first kappa shape index (κ1) is 18.2. The van der Waals surface area contributed by atoms with Crippen molar-refractivity contribution in [1.29, 1.82) is 0 Å². The molecule has 1 aliphatic carbocycles. The highest BCUT2D eigenvalue weighted by Gasteiger charge is 2.29. The van der Waals surface area contributed by atoms with E-state index < -0.39 is 10.0 Å². The molecule has 1 saturated heterocycles. The third-order valence-corrected chi connectivity index (χ3v) is 6.23. The van der Waals surface area contributed by atoms with E-state index in [2.05, 4.69) is 17.4 Å². The monoisotopic (exact) mass is 366 g/mol. The molecule has 1 fully saturated rings. The summed E-state index contributed by atoms with van der Waals surface area (Å²) in [6.45, 7) is 1.61. The number of amides is 1. The van der Waals surface area contributed by atoms with E-state index in [-0.39, 0.29) is 18.4 Å². The minimum Gasteiger partial charge on any atom is -0.492 e. The number of piperidine rings is 1. The molecule has 0 spiro atoms. The second kappa shape index (κ2) is 7.74. The predicted octanol–water partition coefficient (Wildman–Crippen LogP) is 1.34. The van der Waals surface area contributed by atoms with Crippen LogP contribution in [0.2, 0.25) is 0 Å². The molecule has 1 atom stereocenters. The molecular formula is C18H26N2O4S. The van der Waals surface area contributed by atoms with Crippen molar-refractivity contribution in [2.45, 2.75) is 32.1 Å². The number of sulfonamides is 1. The molecule has 7 heteroatoms. The van der Waals surface area contributed by atoms with Gasteiger partial charge in [-0.1, -0.05) is 6.07 Å². The van der Waals surface area contributed by atoms with Gasteiger partial charge in [0.1, 0.15) is 12.4 Å². The van der Waals surface area contributed by atoms with Gasteiger partial charge in [0.15, 0.2) is 0 Å². The lowest BCUT2D eigenvalue weighted by molar-refractivity contribution is -0.126. The molecule has 0 saturated carbocycles. The van der Waals surface area contributed by atoms with Crippen LogP contribution in [-0.4, -0.2) is 51.1 Å². The summed E-state index contributed by atoms with van der Waals surface area (Å²) in [6.07, 6.45) is 6.11. The van der Waals surface area contributed by atoms with Crippen LogP contribution in [0.3, 0.4) is 0 Å². The molecule has 1 amide bonds. The minimum atomic E-state index is -3.23. The van der Waals surface area contributed by atoms with Crippen LogP contribution in [0.1, 0.15) is 30.4 Å². The topological polar surface area (TPSA) is 75.7 Å². The molecule has 1 heterocycles. The summed E-state index contributed by atoms with van der Waals surface area (Å²) in [5.41, 5.74) is 2.78. The Morgan fingerprint density at radius 1 is 1.28 bits per heavy atom. The zero-order valence-corrected chi connectivity index (χ0v) is 15.5. The van der Waals surface area contributed by atoms with E-state index in [4.69, 9.17) is 4.74 Å². The number of fused-ring (bicyclic) bond motifs is 1. The maximum absolute atomic E-state index is 12.2. The van der Waals surface area contributed by atoms with Gasteiger partial charge in [0.05, 0.1) is 18.7 Å². The zero-order valence-electron chi connectivity index (χ0n) is 14.7. The highest BCUT2D eigenvalue weighted by Crippen LogP contribution is 2.26. The van der Waals surface area contributed by atoms with Crippen molar-refractivity contribution in [2.24, 2.45) is 5.92 Å². The summed E-state index contributed by atoms with van der Waals surface area (Å²) >= 11 is 0. The normalized spacial score (nSPS) is 20.9. The summed E-state index contributed by atoms with van der Waals surface area (Å²) in [5, 5.41) is 2.86. The highest BCUT2D eigenvalue weighted by molar-refractivity contribution is 7.88. The maximum Gasteiger partial charge on any atom is 0.224 e. The molecule has 1 aliphatic heterocycles. The van der Waals surface area contributed by atoms with Gasteiger partial charge in [-0.2, -0.15) is 0 Å². The maximum atomic E-state index is 12.2. The summed E-state index contributed by atoms with van der Waals surface area (Å²) in [5.74, 6) is 0.477. The summed E-state index contributed by atoms with van der Waals surface area (Å²) < 4.78 is 30.4. The van der Waals surface area contributed by atoms with E-state index in [9.17, 15) is 13.2 Å². The van der Waals surface area contributed by atoms with Crippen LogP contribution in [0.15, 0.2) is 18.2 Å². The van der Waals surface area contributed by atoms with Crippen LogP contribution in [0.5, 0.6) is 5.75 Å². The second-order valence-corrected chi connectivity index (χ2v) is 8.87. The quantitative estimate of drug-likeness (QED) is 0.771. The Labute approximate surface area is 149 Å². The second-order valence-electron chi connectivity index (χ2n) is 6.88. The molecule has 0 bridgehead atoms. The molecule has 2 aliphatic rings. The number of aryl methyl sites for hydroxylation is 2. The van der Waals surface area contributed by atoms with E-state index >= 15 is 0 Å². The van der Waals surface area contributed by atoms with Crippen molar-refractivity contribution in [3.63, 3.8) is 0 Å². The lowest BCUT2D eigenvalue weighted by Gasteiger charge is -2.30. The molecule has 1 aromatic carbocycles. The van der Waals surface area contributed by atoms with E-state index in [1.54, 1.807) is 0 Å². The summed E-state index contributed by atoms with van der Waals surface area (Å²) in [7, 11) is -3.23. The third kappa shape index (κ3) is 4.73. The van der Waals surface area contributed by atoms with Gasteiger partial charge in [-0.15, -0.1) is 0 Å². The standard InChI is InChI=1S/C18H26N2O4S/c1-25(22,23)20-10-3-6-16(13-20)18(21)19-9-11-24-17-8-7-14-4-2-5-15(14)12-17/h7-8,12,16H,2-6,9-11,13H2,1H3,(H,19,21)/t16-/m0/s1. The first-order valence-corrected chi connectivity index (χ1v) is 10.8. The molecule has 0 radical (unpaired) electrons. The average molecular weight is 366 g/mol. The fourth-order valence-corrected chi connectivity index (χ4v) is 4.49. The average Bonchev–Trinajstić information content (AvgIpc) is 3.05. The third-order valence-electron chi connectivity index (χ3n) is 4.96. The van der Waals surface area contributed by atoms with Gasteiger partial charge in [-0.05, 0) is 55.4 Å². The Bertz CT molecular complexity index is 733. The number of carbonyl (C=O) groups excluding carboxylic acids is 1. The van der Waals surface area contributed by atoms with Crippen LogP contribution >= 0.6 is 0 Å². The molecule has 0 aromatic heterocycles. The summed E-state index contributed by atoms with van der Waals surface area (Å²) in [6, 6.07) is 6.20. The van der Waals surface area contributed by atoms with Crippen LogP contribution in [0.4, 0.5) is 0 Å². The first-order chi connectivity index (χ1) is 11.9. The van der Waals surface area contributed by atoms with Gasteiger partial charge in [0, 0.05) is 13.1 Å². The fraction of sp³-hybridized carbons (Fsp3) is 0.611. The van der Waals surface area contributed by atoms with Crippen LogP contribution in [0, 0.1) is 5.92 Å². The number of hydrogen-bond acceptors (Lipinski definition) is 4. The van der Waals surface area contributed by atoms with Gasteiger partial charge in [-0.25, -0.2) is 12.7 Å². The Balaban J connectivity index is 1.42. The van der Waals surface area contributed by atoms with Gasteiger partial charge in [0.25, 0.3) is 0 Å². The number of nitrogens with one attached hydrogen (secondary N) is 1. The van der Waals surface area contributed by atoms with Crippen LogP contribution in [0.25, 0.3) is 0 Å². The van der Waals surface area contributed by atoms with Crippen molar-refractivity contribution in [3.8, 4) is 5.75 Å². The minimum absolute atomic E-state index is 0.0918. The van der Waals surface area contributed by atoms with E-state index in [0.29, 0.717) is 19.7 Å². The molecule has 1 aromatic rings. The molecule has 0 unspecified atom stereocenters. The number of carbonyl (C=O) groups is 1. The highest BCUT2D eigenvalue weighted by atomic mass is 32.2. The molecule has 25 heavy (non-hydrogen) atoms. The SMILES string of the molecule is CS(=O)(=O)N1CCC[C@H](C(=O)NCCOc2ccc3c(c2)CCC3)C1. The Morgan fingerprint density at radius 3 is 2.88 bits per heavy atom. The Kier molecular flexibility index (Phi) is 5.64. The molecule has 1 N–H and O–H groups in total. The molecular weight excluding hydrogens is 340 g/mol. The fourth-order valence-electron chi connectivity index (χ4n) is 3.58. The van der Waals surface area contributed by atoms with Crippen LogP contribution in [-0.2, 0) is 27.7 Å². The Hall–Kier alpha value is -1.60. The molecule has 138 valence electrons. The van der Waals surface area contributed by atoms with Crippen molar-refractivity contribution in [1.82, 2.24) is 9.62 Å². The van der Waals surface area contributed by atoms with Gasteiger partial charge in [0.2, 0.25) is 15.9 Å². The van der Waals surface area contributed by atoms with E-state index in [1.165, 1.54) is 28.1 Å². The number of nitrogens with zero attached hydrogens (tertiary/aromatic N) is 1. The summed E-state index contributed by atoms with van der Waals surface area (Å²) in [4.78, 5) is 12.2. The lowest BCUT2D eigenvalue weighted by atomic mass is 9.99. The van der Waals surface area contributed by atoms with Gasteiger partial charge < -0.3 is 10.1 Å². The van der Waals surface area contributed by atoms with Crippen molar-refractivity contribution in [2.75, 3.05) is 32.5 Å². The van der Waals surface area contributed by atoms with Gasteiger partial charge >= 0.3 is 0 Å². The van der Waals surface area contributed by atoms with Crippen LogP contribution < -0.4 is 10.1 Å². The molecule has 3 rings (SSSR count). The first-order valence-electron chi connectivity index (χ1n) is 8.91. The molecule has 6 nitrogen and oxygen atoms in total. The van der Waals surface area contributed by atoms with Gasteiger partial charge in [-0.3, -0.25) is 4.79 Å². The van der Waals surface area contributed by atoms with Crippen molar-refractivity contribution >= 4 is 15.9 Å². The van der Waals surface area contributed by atoms with Crippen molar-refractivity contribution < 1.29 is 17.9 Å². The zero-order chi connectivity index (χ0) is 17.9. The van der Waals surface area contributed by atoms with E-state index in [1.807, 2.05) is 6.07 Å². The number of rotatable bonds is 6. The number of hydrogen-bond donors (Lipinski definition) is 1. The number of ether oxygens (including phenoxy) is 1. The predicted molar refractivity (Wildman–Crippen MR) is 96.1 cm³/mol. The number of benzene rings is 1. The lowest BCUT2D eigenvalue weighted by Crippen LogP contribution is -2.45. The van der Waals surface area contributed by atoms with Crippen molar-refractivity contribution in [3.05, 3.63) is 29.3 Å². The largest absolute Gasteiger partial charge is 0.492 e. The smallest absolute Gasteiger partial charge is 0.224 e. The Morgan fingerprint density at radius 2 is 2.08 bits per heavy atom. The van der Waals surface area contributed by atoms with E-state index in [0.717, 1.165) is 31.4 Å².